The number of ketones is 1. The predicted molar refractivity (Wildman–Crippen MR) is 115 cm³/mol. The molecule has 0 unspecified atom stereocenters. The number of nitrogens with one attached hydrogen (secondary N) is 1. The van der Waals surface area contributed by atoms with Gasteiger partial charge in [-0.3, -0.25) is 14.5 Å². The SMILES string of the molecule is CC1(C)CC(=O)C=C(C(=O)N(Cc2cnc[nH]2)c2cccc(-c3ccccc3)c2)O1. The van der Waals surface area contributed by atoms with Crippen molar-refractivity contribution in [3.63, 3.8) is 0 Å². The van der Waals surface area contributed by atoms with Crippen LogP contribution in [0.2, 0.25) is 0 Å². The standard InChI is InChI=1S/C24H23N3O3/c1-24(2)13-21(28)12-22(30-24)23(29)27(15-19-14-25-16-26-19)20-10-6-9-18(11-20)17-7-4-3-5-8-17/h3-12,14,16H,13,15H2,1-2H3,(H,25,26). The lowest BCUT2D eigenvalue weighted by molar-refractivity contribution is -0.129. The van der Waals surface area contributed by atoms with Crippen molar-refractivity contribution in [2.45, 2.75) is 32.4 Å². The number of benzene rings is 2. The van der Waals surface area contributed by atoms with Crippen LogP contribution < -0.4 is 4.90 Å². The van der Waals surface area contributed by atoms with Crippen LogP contribution in [0.1, 0.15) is 26.0 Å². The van der Waals surface area contributed by atoms with Gasteiger partial charge >= 0.3 is 0 Å². The number of carbonyl (C=O) groups is 2. The van der Waals surface area contributed by atoms with E-state index in [-0.39, 0.29) is 30.4 Å². The average molecular weight is 401 g/mol. The van der Waals surface area contributed by atoms with Gasteiger partial charge in [-0.05, 0) is 37.1 Å². The summed E-state index contributed by atoms with van der Waals surface area (Å²) in [4.78, 5) is 34.3. The molecular formula is C24H23N3O3. The van der Waals surface area contributed by atoms with Gasteiger partial charge in [0.15, 0.2) is 11.5 Å². The van der Waals surface area contributed by atoms with Gasteiger partial charge in [0.25, 0.3) is 5.91 Å². The second-order valence-electron chi connectivity index (χ2n) is 7.90. The highest BCUT2D eigenvalue weighted by Crippen LogP contribution is 2.30. The van der Waals surface area contributed by atoms with E-state index in [4.69, 9.17) is 4.74 Å². The number of aromatic nitrogens is 2. The molecule has 0 saturated heterocycles. The van der Waals surface area contributed by atoms with Crippen molar-refractivity contribution in [2.24, 2.45) is 0 Å². The van der Waals surface area contributed by atoms with Crippen molar-refractivity contribution < 1.29 is 14.3 Å². The molecule has 1 N–H and O–H groups in total. The number of amides is 1. The summed E-state index contributed by atoms with van der Waals surface area (Å²) in [5, 5.41) is 0. The fraction of sp³-hybridized carbons (Fsp3) is 0.208. The van der Waals surface area contributed by atoms with Gasteiger partial charge in [-0.1, -0.05) is 42.5 Å². The largest absolute Gasteiger partial charge is 0.481 e. The Morgan fingerprint density at radius 3 is 2.60 bits per heavy atom. The summed E-state index contributed by atoms with van der Waals surface area (Å²) in [6.07, 6.45) is 4.79. The minimum Gasteiger partial charge on any atom is -0.481 e. The minimum atomic E-state index is -0.720. The van der Waals surface area contributed by atoms with E-state index in [1.54, 1.807) is 31.3 Å². The van der Waals surface area contributed by atoms with Crippen molar-refractivity contribution in [3.05, 3.63) is 84.7 Å². The molecule has 1 aliphatic heterocycles. The zero-order valence-corrected chi connectivity index (χ0v) is 17.0. The summed E-state index contributed by atoms with van der Waals surface area (Å²) in [6, 6.07) is 17.7. The van der Waals surface area contributed by atoms with E-state index in [2.05, 4.69) is 9.97 Å². The Balaban J connectivity index is 1.72. The van der Waals surface area contributed by atoms with Crippen LogP contribution in [0.3, 0.4) is 0 Å². The van der Waals surface area contributed by atoms with Gasteiger partial charge in [-0.25, -0.2) is 4.98 Å². The molecule has 0 bridgehead atoms. The molecule has 6 nitrogen and oxygen atoms in total. The normalized spacial score (nSPS) is 15.3. The number of anilines is 1. The lowest BCUT2D eigenvalue weighted by Crippen LogP contribution is -2.39. The number of H-pyrrole nitrogens is 1. The van der Waals surface area contributed by atoms with Gasteiger partial charge in [0.05, 0.1) is 18.6 Å². The Bertz CT molecular complexity index is 1090. The first-order valence-electron chi connectivity index (χ1n) is 9.79. The molecule has 6 heteroatoms. The van der Waals surface area contributed by atoms with E-state index in [1.807, 2.05) is 54.6 Å². The third kappa shape index (κ3) is 4.33. The molecule has 30 heavy (non-hydrogen) atoms. The summed E-state index contributed by atoms with van der Waals surface area (Å²) < 4.78 is 5.87. The van der Waals surface area contributed by atoms with Crippen molar-refractivity contribution in [3.8, 4) is 11.1 Å². The van der Waals surface area contributed by atoms with E-state index in [0.29, 0.717) is 5.69 Å². The van der Waals surface area contributed by atoms with Gasteiger partial charge in [0, 0.05) is 24.4 Å². The van der Waals surface area contributed by atoms with E-state index in [9.17, 15) is 9.59 Å². The summed E-state index contributed by atoms with van der Waals surface area (Å²) in [5.74, 6) is -0.425. The highest BCUT2D eigenvalue weighted by molar-refractivity contribution is 6.09. The lowest BCUT2D eigenvalue weighted by atomic mass is 9.98. The first kappa shape index (κ1) is 19.6. The first-order chi connectivity index (χ1) is 14.4. The van der Waals surface area contributed by atoms with Gasteiger partial charge in [0.1, 0.15) is 5.60 Å². The molecule has 2 heterocycles. The number of rotatable bonds is 5. The monoisotopic (exact) mass is 401 g/mol. The molecule has 2 aromatic carbocycles. The van der Waals surface area contributed by atoms with E-state index in [0.717, 1.165) is 16.8 Å². The molecule has 0 aliphatic carbocycles. The number of ether oxygens (including phenoxy) is 1. The Morgan fingerprint density at radius 2 is 1.90 bits per heavy atom. The maximum atomic E-state index is 13.5. The van der Waals surface area contributed by atoms with Crippen molar-refractivity contribution in [1.82, 2.24) is 9.97 Å². The Kier molecular flexibility index (Phi) is 5.23. The molecule has 1 aromatic heterocycles. The molecule has 0 saturated carbocycles. The van der Waals surface area contributed by atoms with Crippen LogP contribution >= 0.6 is 0 Å². The summed E-state index contributed by atoms with van der Waals surface area (Å²) in [6.45, 7) is 3.88. The summed E-state index contributed by atoms with van der Waals surface area (Å²) in [5.41, 5.74) is 2.80. The maximum Gasteiger partial charge on any atom is 0.293 e. The summed E-state index contributed by atoms with van der Waals surface area (Å²) in [7, 11) is 0. The number of hydrogen-bond acceptors (Lipinski definition) is 4. The van der Waals surface area contributed by atoms with E-state index in [1.165, 1.54) is 6.08 Å². The fourth-order valence-electron chi connectivity index (χ4n) is 3.52. The second-order valence-corrected chi connectivity index (χ2v) is 7.90. The molecule has 3 aromatic rings. The first-order valence-corrected chi connectivity index (χ1v) is 9.79. The molecule has 0 spiro atoms. The van der Waals surface area contributed by atoms with Crippen LogP contribution in [-0.4, -0.2) is 27.3 Å². The van der Waals surface area contributed by atoms with Crippen molar-refractivity contribution >= 4 is 17.4 Å². The van der Waals surface area contributed by atoms with Gasteiger partial charge in [-0.15, -0.1) is 0 Å². The van der Waals surface area contributed by atoms with Gasteiger partial charge < -0.3 is 9.72 Å². The van der Waals surface area contributed by atoms with Crippen LogP contribution in [0.4, 0.5) is 5.69 Å². The Hall–Kier alpha value is -3.67. The molecule has 1 amide bonds. The number of hydrogen-bond donors (Lipinski definition) is 1. The number of allylic oxidation sites excluding steroid dienone is 1. The van der Waals surface area contributed by atoms with Crippen molar-refractivity contribution in [2.75, 3.05) is 4.90 Å². The minimum absolute atomic E-state index is 0.0564. The number of imidazole rings is 1. The highest BCUT2D eigenvalue weighted by Gasteiger charge is 2.34. The van der Waals surface area contributed by atoms with Crippen LogP contribution in [0.5, 0.6) is 0 Å². The van der Waals surface area contributed by atoms with Crippen LogP contribution in [0.25, 0.3) is 11.1 Å². The smallest absolute Gasteiger partial charge is 0.293 e. The third-order valence-electron chi connectivity index (χ3n) is 4.88. The zero-order chi connectivity index (χ0) is 21.1. The molecular weight excluding hydrogens is 378 g/mol. The number of nitrogens with zero attached hydrogens (tertiary/aromatic N) is 2. The zero-order valence-electron chi connectivity index (χ0n) is 17.0. The van der Waals surface area contributed by atoms with Crippen molar-refractivity contribution in [1.29, 1.82) is 0 Å². The second kappa shape index (κ2) is 7.99. The van der Waals surface area contributed by atoms with Gasteiger partial charge in [0.2, 0.25) is 0 Å². The molecule has 0 radical (unpaired) electrons. The lowest BCUT2D eigenvalue weighted by Gasteiger charge is -2.32. The third-order valence-corrected chi connectivity index (χ3v) is 4.88. The average Bonchev–Trinajstić information content (AvgIpc) is 3.24. The molecule has 1 aliphatic rings. The van der Waals surface area contributed by atoms with Crippen LogP contribution in [-0.2, 0) is 20.9 Å². The molecule has 152 valence electrons. The quantitative estimate of drug-likeness (QED) is 0.693. The van der Waals surface area contributed by atoms with E-state index < -0.39 is 5.60 Å². The number of carbonyl (C=O) groups excluding carboxylic acids is 2. The number of aromatic amines is 1. The predicted octanol–water partition coefficient (Wildman–Crippen LogP) is 4.26. The molecule has 4 rings (SSSR count). The topological polar surface area (TPSA) is 75.3 Å². The Morgan fingerprint density at radius 1 is 1.13 bits per heavy atom. The fourth-order valence-corrected chi connectivity index (χ4v) is 3.52. The molecule has 0 fully saturated rings. The van der Waals surface area contributed by atoms with E-state index >= 15 is 0 Å². The van der Waals surface area contributed by atoms with Gasteiger partial charge in [-0.2, -0.15) is 0 Å². The highest BCUT2D eigenvalue weighted by atomic mass is 16.5. The Labute approximate surface area is 175 Å². The molecule has 0 atom stereocenters. The van der Waals surface area contributed by atoms with Crippen LogP contribution in [0, 0.1) is 0 Å². The maximum absolute atomic E-state index is 13.5. The van der Waals surface area contributed by atoms with Crippen LogP contribution in [0.15, 0.2) is 79.0 Å². The summed E-state index contributed by atoms with van der Waals surface area (Å²) >= 11 is 0.